The largest absolute Gasteiger partial charge is 0.294 e. The Morgan fingerprint density at radius 1 is 0.444 bits per heavy atom. The minimum Gasteiger partial charge on any atom is -0.294 e. The first-order valence-electron chi connectivity index (χ1n) is 18.4. The fraction of sp³-hybridized carbons (Fsp3) is 0.0612. The zero-order valence-electron chi connectivity index (χ0n) is 29.8. The molecule has 254 valence electrons. The Morgan fingerprint density at radius 3 is 1.93 bits per heavy atom. The summed E-state index contributed by atoms with van der Waals surface area (Å²) in [7, 11) is 0. The van der Waals surface area contributed by atoms with Crippen molar-refractivity contribution in [2.45, 2.75) is 19.3 Å². The van der Waals surface area contributed by atoms with Crippen LogP contribution in [0, 0.1) is 0 Å². The summed E-state index contributed by atoms with van der Waals surface area (Å²) < 4.78 is 2.34. The topological polar surface area (TPSA) is 56.5 Å². The van der Waals surface area contributed by atoms with Crippen molar-refractivity contribution in [3.8, 4) is 51.0 Å². The maximum absolute atomic E-state index is 5.33. The summed E-state index contributed by atoms with van der Waals surface area (Å²) in [6.45, 7) is 4.67. The normalized spacial score (nSPS) is 13.1. The van der Waals surface area contributed by atoms with Gasteiger partial charge in [0.25, 0.3) is 0 Å². The van der Waals surface area contributed by atoms with Crippen LogP contribution in [0.4, 0.5) is 0 Å². The lowest BCUT2D eigenvalue weighted by molar-refractivity contribution is 0.657. The third kappa shape index (κ3) is 4.45. The summed E-state index contributed by atoms with van der Waals surface area (Å²) in [5.74, 6) is 1.97. The quantitative estimate of drug-likeness (QED) is 0.184. The molecule has 0 atom stereocenters. The van der Waals surface area contributed by atoms with E-state index in [0.717, 1.165) is 55.1 Å². The Labute approximate surface area is 312 Å². The first-order valence-corrected chi connectivity index (χ1v) is 18.4. The van der Waals surface area contributed by atoms with Gasteiger partial charge in [0.2, 0.25) is 0 Å². The zero-order chi connectivity index (χ0) is 36.0. The number of para-hydroxylation sites is 1. The molecule has 0 radical (unpaired) electrons. The van der Waals surface area contributed by atoms with E-state index in [2.05, 4.69) is 170 Å². The molecule has 0 spiro atoms. The Balaban J connectivity index is 1.16. The predicted molar refractivity (Wildman–Crippen MR) is 221 cm³/mol. The molecule has 1 aliphatic rings. The van der Waals surface area contributed by atoms with Gasteiger partial charge in [-0.1, -0.05) is 141 Å². The number of hydrogen-bond acceptors (Lipinski definition) is 4. The average molecular weight is 692 g/mol. The van der Waals surface area contributed by atoms with Gasteiger partial charge in [0, 0.05) is 39.1 Å². The van der Waals surface area contributed by atoms with Crippen LogP contribution in [-0.2, 0) is 5.41 Å². The van der Waals surface area contributed by atoms with E-state index in [4.69, 9.17) is 19.9 Å². The van der Waals surface area contributed by atoms with E-state index in [9.17, 15) is 0 Å². The zero-order valence-corrected chi connectivity index (χ0v) is 29.8. The SMILES string of the molecule is CC1(C)c2c(-c3nc(-c4ccc5ccccc5c4)nc(-c4cccc5ccccc45)n3)cccc2-c2cccc(-n3c4ccccc4c4cccnc43)c21. The molecular formula is C49H33N5. The van der Waals surface area contributed by atoms with Crippen molar-refractivity contribution in [1.29, 1.82) is 0 Å². The average Bonchev–Trinajstić information content (AvgIpc) is 3.69. The lowest BCUT2D eigenvalue weighted by atomic mass is 9.79. The van der Waals surface area contributed by atoms with Gasteiger partial charge >= 0.3 is 0 Å². The van der Waals surface area contributed by atoms with Crippen LogP contribution in [0.15, 0.2) is 164 Å². The van der Waals surface area contributed by atoms with E-state index >= 15 is 0 Å². The first-order chi connectivity index (χ1) is 26.5. The molecule has 0 bridgehead atoms. The number of aromatic nitrogens is 5. The molecule has 0 N–H and O–H groups in total. The van der Waals surface area contributed by atoms with Crippen molar-refractivity contribution < 1.29 is 0 Å². The first kappa shape index (κ1) is 30.6. The van der Waals surface area contributed by atoms with E-state index in [0.29, 0.717) is 17.5 Å². The number of hydrogen-bond donors (Lipinski definition) is 0. The molecular weight excluding hydrogens is 659 g/mol. The monoisotopic (exact) mass is 691 g/mol. The summed E-state index contributed by atoms with van der Waals surface area (Å²) >= 11 is 0. The number of benzene rings is 7. The number of fused-ring (bicyclic) bond motifs is 8. The van der Waals surface area contributed by atoms with Gasteiger partial charge in [-0.2, -0.15) is 0 Å². The van der Waals surface area contributed by atoms with Gasteiger partial charge in [0.15, 0.2) is 17.5 Å². The maximum atomic E-state index is 5.33. The van der Waals surface area contributed by atoms with Crippen molar-refractivity contribution in [1.82, 2.24) is 24.5 Å². The molecule has 3 aromatic heterocycles. The maximum Gasteiger partial charge on any atom is 0.164 e. The van der Waals surface area contributed by atoms with Crippen LogP contribution in [0.2, 0.25) is 0 Å². The summed E-state index contributed by atoms with van der Waals surface area (Å²) in [4.78, 5) is 20.8. The predicted octanol–water partition coefficient (Wildman–Crippen LogP) is 12.0. The summed E-state index contributed by atoms with van der Waals surface area (Å²) in [6, 6.07) is 55.7. The Kier molecular flexibility index (Phi) is 6.53. The molecule has 1 aliphatic carbocycles. The molecule has 0 saturated carbocycles. The van der Waals surface area contributed by atoms with Crippen LogP contribution in [0.25, 0.3) is 94.5 Å². The van der Waals surface area contributed by atoms with Gasteiger partial charge in [0.05, 0.1) is 11.2 Å². The van der Waals surface area contributed by atoms with Crippen LogP contribution in [0.5, 0.6) is 0 Å². The molecule has 11 rings (SSSR count). The van der Waals surface area contributed by atoms with Crippen LogP contribution in [0.1, 0.15) is 25.0 Å². The molecule has 10 aromatic rings. The summed E-state index contributed by atoms with van der Waals surface area (Å²) in [6.07, 6.45) is 1.89. The summed E-state index contributed by atoms with van der Waals surface area (Å²) in [5.41, 5.74) is 10.7. The van der Waals surface area contributed by atoms with Crippen LogP contribution >= 0.6 is 0 Å². The smallest absolute Gasteiger partial charge is 0.164 e. The number of pyridine rings is 1. The molecule has 0 aliphatic heterocycles. The second-order valence-electron chi connectivity index (χ2n) is 14.7. The third-order valence-electron chi connectivity index (χ3n) is 11.2. The van der Waals surface area contributed by atoms with Crippen molar-refractivity contribution >= 4 is 43.5 Å². The second kappa shape index (κ2) is 11.5. The Bertz CT molecular complexity index is 3100. The van der Waals surface area contributed by atoms with Crippen molar-refractivity contribution in [2.24, 2.45) is 0 Å². The highest BCUT2D eigenvalue weighted by molar-refractivity contribution is 6.08. The second-order valence-corrected chi connectivity index (χ2v) is 14.7. The molecule has 54 heavy (non-hydrogen) atoms. The van der Waals surface area contributed by atoms with Gasteiger partial charge < -0.3 is 0 Å². The van der Waals surface area contributed by atoms with Crippen molar-refractivity contribution in [2.75, 3.05) is 0 Å². The fourth-order valence-electron chi connectivity index (χ4n) is 8.90. The third-order valence-corrected chi connectivity index (χ3v) is 11.2. The van der Waals surface area contributed by atoms with Crippen LogP contribution in [-0.4, -0.2) is 24.5 Å². The highest BCUT2D eigenvalue weighted by Crippen LogP contribution is 2.54. The molecule has 5 nitrogen and oxygen atoms in total. The highest BCUT2D eigenvalue weighted by Gasteiger charge is 2.41. The molecule has 3 heterocycles. The van der Waals surface area contributed by atoms with Crippen molar-refractivity contribution in [3.63, 3.8) is 0 Å². The highest BCUT2D eigenvalue weighted by atomic mass is 15.1. The number of rotatable bonds is 4. The van der Waals surface area contributed by atoms with Crippen LogP contribution in [0.3, 0.4) is 0 Å². The number of nitrogens with zero attached hydrogens (tertiary/aromatic N) is 5. The van der Waals surface area contributed by atoms with E-state index in [-0.39, 0.29) is 0 Å². The lowest BCUT2D eigenvalue weighted by Crippen LogP contribution is -2.19. The van der Waals surface area contributed by atoms with E-state index in [1.165, 1.54) is 33.0 Å². The molecule has 0 saturated heterocycles. The Hall–Kier alpha value is -6.98. The van der Waals surface area contributed by atoms with Gasteiger partial charge in [-0.25, -0.2) is 19.9 Å². The fourth-order valence-corrected chi connectivity index (χ4v) is 8.90. The molecule has 7 aromatic carbocycles. The van der Waals surface area contributed by atoms with E-state index < -0.39 is 5.41 Å². The van der Waals surface area contributed by atoms with Gasteiger partial charge in [-0.3, -0.25) is 4.57 Å². The molecule has 5 heteroatoms. The van der Waals surface area contributed by atoms with E-state index in [1.54, 1.807) is 0 Å². The minimum absolute atomic E-state index is 0.403. The van der Waals surface area contributed by atoms with Gasteiger partial charge in [0.1, 0.15) is 5.65 Å². The summed E-state index contributed by atoms with van der Waals surface area (Å²) in [5, 5.41) is 6.92. The van der Waals surface area contributed by atoms with Crippen molar-refractivity contribution in [3.05, 3.63) is 175 Å². The Morgan fingerprint density at radius 2 is 1.06 bits per heavy atom. The van der Waals surface area contributed by atoms with E-state index in [1.807, 2.05) is 12.3 Å². The standard InChI is InChI=1S/C49H33N5/c1-49(2)43-36(37-20-11-25-42(44(37)49)54-41-24-8-7-18-35(41)39-23-12-28-50-48(39)54)19-10-22-40(43)47-52-45(33-27-26-30-13-3-4-15-32(30)29-33)51-46(53-47)38-21-9-16-31-14-5-6-17-34(31)38/h3-29H,1-2H3. The molecule has 0 unspecified atom stereocenters. The van der Waals surface area contributed by atoms with Crippen LogP contribution < -0.4 is 0 Å². The molecule has 0 amide bonds. The van der Waals surface area contributed by atoms with Gasteiger partial charge in [-0.15, -0.1) is 0 Å². The lowest BCUT2D eigenvalue weighted by Gasteiger charge is -2.27. The van der Waals surface area contributed by atoms with Gasteiger partial charge in [-0.05, 0) is 74.1 Å². The minimum atomic E-state index is -0.403. The molecule has 0 fully saturated rings.